The summed E-state index contributed by atoms with van der Waals surface area (Å²) in [6, 6.07) is 15.9. The number of hydrogen-bond donors (Lipinski definition) is 1. The Morgan fingerprint density at radius 2 is 1.58 bits per heavy atom. The minimum Gasteiger partial charge on any atom is -0.352 e. The van der Waals surface area contributed by atoms with Crippen LogP contribution in [0.2, 0.25) is 0 Å². The fourth-order valence-electron chi connectivity index (χ4n) is 4.77. The van der Waals surface area contributed by atoms with Crippen LogP contribution in [0.3, 0.4) is 0 Å². The lowest BCUT2D eigenvalue weighted by Crippen LogP contribution is -2.43. The van der Waals surface area contributed by atoms with Gasteiger partial charge in [-0.2, -0.15) is 0 Å². The Labute approximate surface area is 198 Å². The van der Waals surface area contributed by atoms with Crippen LogP contribution in [0.25, 0.3) is 0 Å². The van der Waals surface area contributed by atoms with Crippen molar-refractivity contribution in [3.63, 3.8) is 0 Å². The molecular formula is C26H35N3O3S. The number of carbonyl (C=O) groups excluding carboxylic acids is 1. The number of hydrogen-bond acceptors (Lipinski definition) is 4. The summed E-state index contributed by atoms with van der Waals surface area (Å²) in [4.78, 5) is 15.3. The lowest BCUT2D eigenvalue weighted by Gasteiger charge is -2.30. The molecule has 0 radical (unpaired) electrons. The lowest BCUT2D eigenvalue weighted by molar-refractivity contribution is -0.126. The molecule has 2 aromatic rings. The van der Waals surface area contributed by atoms with Gasteiger partial charge in [0.1, 0.15) is 0 Å². The van der Waals surface area contributed by atoms with Crippen LogP contribution in [-0.4, -0.2) is 49.7 Å². The molecule has 33 heavy (non-hydrogen) atoms. The predicted octanol–water partition coefficient (Wildman–Crippen LogP) is 3.45. The Morgan fingerprint density at radius 3 is 2.24 bits per heavy atom. The van der Waals surface area contributed by atoms with Crippen LogP contribution in [-0.2, 0) is 33.7 Å². The van der Waals surface area contributed by atoms with Crippen molar-refractivity contribution in [2.45, 2.75) is 51.4 Å². The van der Waals surface area contributed by atoms with E-state index in [-0.39, 0.29) is 17.6 Å². The van der Waals surface area contributed by atoms with Gasteiger partial charge in [0.2, 0.25) is 15.9 Å². The molecular weight excluding hydrogens is 434 g/mol. The second-order valence-corrected chi connectivity index (χ2v) is 11.4. The van der Waals surface area contributed by atoms with E-state index in [0.29, 0.717) is 32.5 Å². The predicted molar refractivity (Wildman–Crippen MR) is 131 cm³/mol. The maximum Gasteiger partial charge on any atom is 0.223 e. The third-order valence-electron chi connectivity index (χ3n) is 6.85. The molecule has 1 amide bonds. The normalized spacial score (nSPS) is 18.5. The molecule has 2 fully saturated rings. The van der Waals surface area contributed by atoms with E-state index in [1.807, 2.05) is 37.3 Å². The largest absolute Gasteiger partial charge is 0.352 e. The van der Waals surface area contributed by atoms with Gasteiger partial charge in [-0.25, -0.2) is 12.7 Å². The summed E-state index contributed by atoms with van der Waals surface area (Å²) < 4.78 is 27.2. The number of benzene rings is 2. The molecule has 0 spiro atoms. The average molecular weight is 470 g/mol. The van der Waals surface area contributed by atoms with Gasteiger partial charge in [-0.05, 0) is 62.4 Å². The summed E-state index contributed by atoms with van der Waals surface area (Å²) in [5.41, 5.74) is 4.35. The number of piperidine rings is 1. The van der Waals surface area contributed by atoms with E-state index in [1.54, 1.807) is 4.31 Å². The highest BCUT2D eigenvalue weighted by molar-refractivity contribution is 7.88. The van der Waals surface area contributed by atoms with Gasteiger partial charge in [0.05, 0.1) is 5.75 Å². The summed E-state index contributed by atoms with van der Waals surface area (Å²) in [7, 11) is -3.37. The highest BCUT2D eigenvalue weighted by Gasteiger charge is 2.31. The summed E-state index contributed by atoms with van der Waals surface area (Å²) >= 11 is 0. The molecule has 2 saturated heterocycles. The SMILES string of the molecule is Cc1ccc(CS(=O)(=O)N2CCC(C(=O)NCc3ccccc3CN3CCCC3)CC2)cc1. The van der Waals surface area contributed by atoms with Crippen molar-refractivity contribution in [1.29, 1.82) is 0 Å². The monoisotopic (exact) mass is 469 g/mol. The Kier molecular flexibility index (Phi) is 7.83. The number of rotatable bonds is 8. The molecule has 2 aromatic carbocycles. The van der Waals surface area contributed by atoms with Crippen LogP contribution in [0.15, 0.2) is 48.5 Å². The van der Waals surface area contributed by atoms with Gasteiger partial charge in [0, 0.05) is 32.1 Å². The molecule has 6 nitrogen and oxygen atoms in total. The molecule has 0 aliphatic carbocycles. The number of carbonyl (C=O) groups is 1. The zero-order valence-corrected chi connectivity index (χ0v) is 20.3. The highest BCUT2D eigenvalue weighted by atomic mass is 32.2. The molecule has 178 valence electrons. The minimum absolute atomic E-state index is 0.0119. The molecule has 0 saturated carbocycles. The number of aryl methyl sites for hydroxylation is 1. The van der Waals surface area contributed by atoms with Gasteiger partial charge in [0.15, 0.2) is 0 Å². The fraction of sp³-hybridized carbons (Fsp3) is 0.500. The van der Waals surface area contributed by atoms with Gasteiger partial charge in [-0.15, -0.1) is 0 Å². The van der Waals surface area contributed by atoms with Crippen molar-refractivity contribution in [2.24, 2.45) is 5.92 Å². The first kappa shape index (κ1) is 23.9. The van der Waals surface area contributed by atoms with Gasteiger partial charge >= 0.3 is 0 Å². The Bertz CT molecular complexity index is 1040. The van der Waals surface area contributed by atoms with E-state index in [9.17, 15) is 13.2 Å². The third kappa shape index (κ3) is 6.43. The smallest absolute Gasteiger partial charge is 0.223 e. The maximum absolute atomic E-state index is 12.8. The van der Waals surface area contributed by atoms with Crippen LogP contribution in [0.5, 0.6) is 0 Å². The zero-order chi connectivity index (χ0) is 23.3. The van der Waals surface area contributed by atoms with Crippen molar-refractivity contribution in [3.8, 4) is 0 Å². The first-order valence-electron chi connectivity index (χ1n) is 12.0. The second-order valence-electron chi connectivity index (χ2n) is 9.38. The number of nitrogens with zero attached hydrogens (tertiary/aromatic N) is 2. The molecule has 2 heterocycles. The van der Waals surface area contributed by atoms with E-state index in [4.69, 9.17) is 0 Å². The van der Waals surface area contributed by atoms with Crippen molar-refractivity contribution in [1.82, 2.24) is 14.5 Å². The Hall–Kier alpha value is -2.22. The molecule has 4 rings (SSSR count). The van der Waals surface area contributed by atoms with Crippen LogP contribution in [0.4, 0.5) is 0 Å². The lowest BCUT2D eigenvalue weighted by atomic mass is 9.97. The zero-order valence-electron chi connectivity index (χ0n) is 19.5. The minimum atomic E-state index is -3.37. The van der Waals surface area contributed by atoms with Gasteiger partial charge in [-0.1, -0.05) is 54.1 Å². The molecule has 1 N–H and O–H groups in total. The van der Waals surface area contributed by atoms with Crippen molar-refractivity contribution < 1.29 is 13.2 Å². The van der Waals surface area contributed by atoms with Crippen molar-refractivity contribution in [3.05, 3.63) is 70.8 Å². The average Bonchev–Trinajstić information content (AvgIpc) is 3.33. The molecule has 0 unspecified atom stereocenters. The Morgan fingerprint density at radius 1 is 0.939 bits per heavy atom. The summed E-state index contributed by atoms with van der Waals surface area (Å²) in [6.45, 7) is 6.53. The molecule has 0 atom stereocenters. The standard InChI is InChI=1S/C26H35N3O3S/c1-21-8-10-22(11-9-21)20-33(31,32)29-16-12-23(13-17-29)26(30)27-18-24-6-2-3-7-25(24)19-28-14-4-5-15-28/h2-3,6-11,23H,4-5,12-20H2,1H3,(H,27,30). The van der Waals surface area contributed by atoms with E-state index in [2.05, 4.69) is 28.4 Å². The summed E-state index contributed by atoms with van der Waals surface area (Å²) in [5, 5.41) is 3.11. The topological polar surface area (TPSA) is 69.7 Å². The second kappa shape index (κ2) is 10.8. The molecule has 7 heteroatoms. The van der Waals surface area contributed by atoms with Crippen LogP contribution >= 0.6 is 0 Å². The fourth-order valence-corrected chi connectivity index (χ4v) is 6.34. The Balaban J connectivity index is 1.27. The van der Waals surface area contributed by atoms with Gasteiger partial charge in [-0.3, -0.25) is 9.69 Å². The van der Waals surface area contributed by atoms with Crippen LogP contribution < -0.4 is 5.32 Å². The number of nitrogens with one attached hydrogen (secondary N) is 1. The highest BCUT2D eigenvalue weighted by Crippen LogP contribution is 2.23. The van der Waals surface area contributed by atoms with Crippen molar-refractivity contribution in [2.75, 3.05) is 26.2 Å². The summed E-state index contributed by atoms with van der Waals surface area (Å²) in [5.74, 6) is -0.0964. The van der Waals surface area contributed by atoms with E-state index < -0.39 is 10.0 Å². The summed E-state index contributed by atoms with van der Waals surface area (Å²) in [6.07, 6.45) is 3.65. The molecule has 0 aromatic heterocycles. The van der Waals surface area contributed by atoms with E-state index in [0.717, 1.165) is 36.3 Å². The molecule has 2 aliphatic rings. The van der Waals surface area contributed by atoms with Crippen LogP contribution in [0.1, 0.15) is 47.9 Å². The molecule has 0 bridgehead atoms. The van der Waals surface area contributed by atoms with Gasteiger partial charge in [0.25, 0.3) is 0 Å². The quantitative estimate of drug-likeness (QED) is 0.643. The number of likely N-dealkylation sites (tertiary alicyclic amines) is 1. The van der Waals surface area contributed by atoms with E-state index >= 15 is 0 Å². The van der Waals surface area contributed by atoms with Crippen molar-refractivity contribution >= 4 is 15.9 Å². The first-order chi connectivity index (χ1) is 15.9. The number of amides is 1. The maximum atomic E-state index is 12.8. The first-order valence-corrected chi connectivity index (χ1v) is 13.6. The molecule has 2 aliphatic heterocycles. The van der Waals surface area contributed by atoms with Crippen LogP contribution in [0, 0.1) is 12.8 Å². The van der Waals surface area contributed by atoms with E-state index in [1.165, 1.54) is 18.4 Å². The third-order valence-corrected chi connectivity index (χ3v) is 8.70. The number of sulfonamides is 1. The van der Waals surface area contributed by atoms with Gasteiger partial charge < -0.3 is 5.32 Å².